The zero-order valence-corrected chi connectivity index (χ0v) is 7.11. The molecule has 0 aromatic heterocycles. The first-order valence-electron chi connectivity index (χ1n) is 3.76. The van der Waals surface area contributed by atoms with E-state index in [4.69, 9.17) is 5.11 Å². The molecule has 0 saturated carbocycles. The van der Waals surface area contributed by atoms with E-state index in [0.717, 1.165) is 4.90 Å². The Kier molecular flexibility index (Phi) is 2.46. The van der Waals surface area contributed by atoms with Crippen LogP contribution in [0.5, 0.6) is 0 Å². The van der Waals surface area contributed by atoms with Gasteiger partial charge in [-0.25, -0.2) is 0 Å². The van der Waals surface area contributed by atoms with Crippen LogP contribution in [0.3, 0.4) is 0 Å². The Labute approximate surface area is 74.6 Å². The molecule has 70 valence electrons. The van der Waals surface area contributed by atoms with Crippen LogP contribution < -0.4 is 0 Å². The monoisotopic (exact) mass is 183 g/mol. The molecule has 0 bridgehead atoms. The SMILES string of the molecule is CN1C(=O)C=C(CCC(=O)O)C1=O. The Morgan fingerprint density at radius 2 is 2.15 bits per heavy atom. The van der Waals surface area contributed by atoms with Crippen molar-refractivity contribution in [3.8, 4) is 0 Å². The van der Waals surface area contributed by atoms with Gasteiger partial charge in [0.15, 0.2) is 0 Å². The fourth-order valence-corrected chi connectivity index (χ4v) is 1.04. The second-order valence-corrected chi connectivity index (χ2v) is 2.77. The Morgan fingerprint density at radius 3 is 2.54 bits per heavy atom. The Balaban J connectivity index is 2.62. The summed E-state index contributed by atoms with van der Waals surface area (Å²) in [5, 5.41) is 8.35. The van der Waals surface area contributed by atoms with Crippen molar-refractivity contribution >= 4 is 17.8 Å². The van der Waals surface area contributed by atoms with E-state index in [0.29, 0.717) is 0 Å². The molecule has 0 aromatic rings. The third kappa shape index (κ3) is 1.93. The highest BCUT2D eigenvalue weighted by atomic mass is 16.4. The number of carbonyl (C=O) groups is 3. The first-order valence-corrected chi connectivity index (χ1v) is 3.76. The summed E-state index contributed by atoms with van der Waals surface area (Å²) in [5.74, 6) is -1.76. The first-order chi connectivity index (χ1) is 6.02. The van der Waals surface area contributed by atoms with Crippen LogP contribution in [0, 0.1) is 0 Å². The van der Waals surface area contributed by atoms with E-state index >= 15 is 0 Å². The molecular weight excluding hydrogens is 174 g/mol. The van der Waals surface area contributed by atoms with Gasteiger partial charge in [0.2, 0.25) is 0 Å². The van der Waals surface area contributed by atoms with E-state index in [2.05, 4.69) is 0 Å². The van der Waals surface area contributed by atoms with Gasteiger partial charge in [-0.15, -0.1) is 0 Å². The third-order valence-electron chi connectivity index (χ3n) is 1.82. The molecule has 5 nitrogen and oxygen atoms in total. The van der Waals surface area contributed by atoms with Crippen LogP contribution in [0.1, 0.15) is 12.8 Å². The van der Waals surface area contributed by atoms with Gasteiger partial charge in [-0.05, 0) is 6.42 Å². The number of carboxylic acids is 1. The fraction of sp³-hybridized carbons (Fsp3) is 0.375. The van der Waals surface area contributed by atoms with E-state index in [1.165, 1.54) is 13.1 Å². The molecule has 1 aliphatic heterocycles. The molecule has 1 aliphatic rings. The van der Waals surface area contributed by atoms with Crippen LogP contribution in [-0.2, 0) is 14.4 Å². The zero-order chi connectivity index (χ0) is 10.0. The van der Waals surface area contributed by atoms with Gasteiger partial charge in [-0.2, -0.15) is 0 Å². The minimum Gasteiger partial charge on any atom is -0.481 e. The molecule has 0 radical (unpaired) electrons. The predicted molar refractivity (Wildman–Crippen MR) is 42.7 cm³/mol. The number of hydrogen-bond acceptors (Lipinski definition) is 3. The molecule has 1 rings (SSSR count). The van der Waals surface area contributed by atoms with Crippen molar-refractivity contribution in [3.05, 3.63) is 11.6 Å². The Hall–Kier alpha value is -1.65. The minimum absolute atomic E-state index is 0.115. The summed E-state index contributed by atoms with van der Waals surface area (Å²) in [6.07, 6.45) is 1.17. The summed E-state index contributed by atoms with van der Waals surface area (Å²) < 4.78 is 0. The lowest BCUT2D eigenvalue weighted by Crippen LogP contribution is -2.26. The molecule has 0 saturated heterocycles. The van der Waals surface area contributed by atoms with Gasteiger partial charge in [-0.1, -0.05) is 0 Å². The van der Waals surface area contributed by atoms with E-state index in [9.17, 15) is 14.4 Å². The molecule has 1 N–H and O–H groups in total. The van der Waals surface area contributed by atoms with Gasteiger partial charge < -0.3 is 5.11 Å². The largest absolute Gasteiger partial charge is 0.481 e. The van der Waals surface area contributed by atoms with Crippen molar-refractivity contribution < 1.29 is 19.5 Å². The van der Waals surface area contributed by atoms with Crippen molar-refractivity contribution in [2.24, 2.45) is 0 Å². The van der Waals surface area contributed by atoms with Crippen LogP contribution in [0.4, 0.5) is 0 Å². The highest BCUT2D eigenvalue weighted by molar-refractivity contribution is 6.16. The zero-order valence-electron chi connectivity index (χ0n) is 7.11. The van der Waals surface area contributed by atoms with Crippen LogP contribution in [0.25, 0.3) is 0 Å². The van der Waals surface area contributed by atoms with E-state index in [1.54, 1.807) is 0 Å². The van der Waals surface area contributed by atoms with Crippen molar-refractivity contribution in [3.63, 3.8) is 0 Å². The lowest BCUT2D eigenvalue weighted by Gasteiger charge is -2.05. The molecule has 0 fully saturated rings. The maximum absolute atomic E-state index is 11.2. The molecule has 1 heterocycles. The van der Waals surface area contributed by atoms with Gasteiger partial charge in [0.1, 0.15) is 0 Å². The molecule has 0 aromatic carbocycles. The molecule has 0 aliphatic carbocycles. The second kappa shape index (κ2) is 3.38. The number of carbonyl (C=O) groups excluding carboxylic acids is 2. The van der Waals surface area contributed by atoms with Crippen molar-refractivity contribution in [2.45, 2.75) is 12.8 Å². The Bertz CT molecular complexity index is 305. The minimum atomic E-state index is -0.976. The number of aliphatic carboxylic acids is 1. The number of nitrogens with zero attached hydrogens (tertiary/aromatic N) is 1. The maximum Gasteiger partial charge on any atom is 0.303 e. The first kappa shape index (κ1) is 9.44. The molecule has 5 heteroatoms. The molecule has 0 atom stereocenters. The van der Waals surface area contributed by atoms with Gasteiger partial charge in [0, 0.05) is 25.1 Å². The number of amides is 2. The molecule has 0 spiro atoms. The van der Waals surface area contributed by atoms with Gasteiger partial charge >= 0.3 is 5.97 Å². The smallest absolute Gasteiger partial charge is 0.303 e. The lowest BCUT2D eigenvalue weighted by molar-refractivity contribution is -0.137. The van der Waals surface area contributed by atoms with Crippen molar-refractivity contribution in [1.29, 1.82) is 0 Å². The average molecular weight is 183 g/mol. The van der Waals surface area contributed by atoms with Gasteiger partial charge in [0.05, 0.1) is 0 Å². The summed E-state index contributed by atoms with van der Waals surface area (Å²) in [4.78, 5) is 33.3. The summed E-state index contributed by atoms with van der Waals surface area (Å²) >= 11 is 0. The van der Waals surface area contributed by atoms with Crippen LogP contribution in [0.15, 0.2) is 11.6 Å². The van der Waals surface area contributed by atoms with Crippen LogP contribution in [-0.4, -0.2) is 34.8 Å². The van der Waals surface area contributed by atoms with Gasteiger partial charge in [0.25, 0.3) is 11.8 Å². The standard InChI is InChI=1S/C8H9NO4/c1-9-6(10)4-5(8(9)13)2-3-7(11)12/h4H,2-3H2,1H3,(H,11,12). The summed E-state index contributed by atoms with van der Waals surface area (Å²) in [5.41, 5.74) is 0.273. The van der Waals surface area contributed by atoms with E-state index in [1.807, 2.05) is 0 Å². The molecule has 13 heavy (non-hydrogen) atoms. The second-order valence-electron chi connectivity index (χ2n) is 2.77. The van der Waals surface area contributed by atoms with Crippen molar-refractivity contribution in [2.75, 3.05) is 7.05 Å². The highest BCUT2D eigenvalue weighted by Gasteiger charge is 2.27. The van der Waals surface area contributed by atoms with Crippen LogP contribution in [0.2, 0.25) is 0 Å². The summed E-state index contributed by atoms with van der Waals surface area (Å²) in [6, 6.07) is 0. The number of likely N-dealkylation sites (N-methyl/N-ethyl adjacent to an activating group) is 1. The predicted octanol–water partition coefficient (Wildman–Crippen LogP) is -0.224. The van der Waals surface area contributed by atoms with E-state index in [-0.39, 0.29) is 24.3 Å². The fourth-order valence-electron chi connectivity index (χ4n) is 1.04. The Morgan fingerprint density at radius 1 is 1.54 bits per heavy atom. The third-order valence-corrected chi connectivity index (χ3v) is 1.82. The summed E-state index contributed by atoms with van der Waals surface area (Å²) in [6.45, 7) is 0. The molecular formula is C8H9NO4. The summed E-state index contributed by atoms with van der Waals surface area (Å²) in [7, 11) is 1.37. The van der Waals surface area contributed by atoms with E-state index < -0.39 is 11.9 Å². The normalized spacial score (nSPS) is 16.4. The highest BCUT2D eigenvalue weighted by Crippen LogP contribution is 2.15. The van der Waals surface area contributed by atoms with Crippen molar-refractivity contribution in [1.82, 2.24) is 4.90 Å². The number of rotatable bonds is 3. The lowest BCUT2D eigenvalue weighted by atomic mass is 10.1. The maximum atomic E-state index is 11.2. The topological polar surface area (TPSA) is 74.7 Å². The molecule has 0 unspecified atom stereocenters. The molecule has 2 amide bonds. The van der Waals surface area contributed by atoms with Crippen LogP contribution >= 0.6 is 0 Å². The number of imide groups is 1. The number of carboxylic acid groups (broad SMARTS) is 1. The quantitative estimate of drug-likeness (QED) is 0.613. The van der Waals surface area contributed by atoms with Gasteiger partial charge in [-0.3, -0.25) is 19.3 Å². The number of hydrogen-bond donors (Lipinski definition) is 1. The average Bonchev–Trinajstić information content (AvgIpc) is 2.29.